The van der Waals surface area contributed by atoms with Gasteiger partial charge in [0.25, 0.3) is 0 Å². The quantitative estimate of drug-likeness (QED) is 0.685. The normalized spacial score (nSPS) is 28.6. The maximum atomic E-state index is 6.20. The number of likely N-dealkylation sites (N-methyl/N-ethyl adjacent to an activating group) is 1. The van der Waals surface area contributed by atoms with Crippen LogP contribution in [0.15, 0.2) is 0 Å². The SMILES string of the molecule is CCCNCC1CCC(CN(CC)C2CCCC2)O1. The van der Waals surface area contributed by atoms with Gasteiger partial charge in [-0.3, -0.25) is 4.90 Å². The predicted molar refractivity (Wildman–Crippen MR) is 80.6 cm³/mol. The van der Waals surface area contributed by atoms with E-state index >= 15 is 0 Å². The second kappa shape index (κ2) is 8.23. The van der Waals surface area contributed by atoms with E-state index in [-0.39, 0.29) is 0 Å². The first kappa shape index (κ1) is 15.3. The molecule has 112 valence electrons. The zero-order valence-electron chi connectivity index (χ0n) is 12.9. The molecule has 0 radical (unpaired) electrons. The Morgan fingerprint density at radius 1 is 1.05 bits per heavy atom. The second-order valence-corrected chi connectivity index (χ2v) is 6.19. The standard InChI is InChI=1S/C16H32N2O/c1-3-11-17-12-15-9-10-16(19-15)13-18(4-2)14-7-5-6-8-14/h14-17H,3-13H2,1-2H3. The van der Waals surface area contributed by atoms with E-state index in [1.54, 1.807) is 0 Å². The van der Waals surface area contributed by atoms with Crippen LogP contribution in [0.5, 0.6) is 0 Å². The summed E-state index contributed by atoms with van der Waals surface area (Å²) in [6.07, 6.45) is 10.3. The van der Waals surface area contributed by atoms with Gasteiger partial charge in [0.05, 0.1) is 12.2 Å². The lowest BCUT2D eigenvalue weighted by Crippen LogP contribution is -2.39. The fourth-order valence-electron chi connectivity index (χ4n) is 3.57. The van der Waals surface area contributed by atoms with Crippen LogP contribution in [-0.2, 0) is 4.74 Å². The van der Waals surface area contributed by atoms with Gasteiger partial charge in [0, 0.05) is 19.1 Å². The largest absolute Gasteiger partial charge is 0.372 e. The van der Waals surface area contributed by atoms with Crippen molar-refractivity contribution in [2.24, 2.45) is 0 Å². The van der Waals surface area contributed by atoms with Crippen LogP contribution >= 0.6 is 0 Å². The Balaban J connectivity index is 1.68. The Morgan fingerprint density at radius 3 is 2.47 bits per heavy atom. The van der Waals surface area contributed by atoms with Crippen molar-refractivity contribution in [2.45, 2.75) is 77.0 Å². The molecule has 0 amide bonds. The number of nitrogens with one attached hydrogen (secondary N) is 1. The monoisotopic (exact) mass is 268 g/mol. The Morgan fingerprint density at radius 2 is 1.79 bits per heavy atom. The minimum Gasteiger partial charge on any atom is -0.372 e. The molecular formula is C16H32N2O. The highest BCUT2D eigenvalue weighted by molar-refractivity contribution is 4.82. The Bertz CT molecular complexity index is 241. The van der Waals surface area contributed by atoms with E-state index in [1.165, 1.54) is 51.5 Å². The van der Waals surface area contributed by atoms with Crippen LogP contribution in [0.2, 0.25) is 0 Å². The molecule has 0 aromatic heterocycles. The van der Waals surface area contributed by atoms with Crippen LogP contribution < -0.4 is 5.32 Å². The Kier molecular flexibility index (Phi) is 6.62. The first-order chi connectivity index (χ1) is 9.33. The van der Waals surface area contributed by atoms with Crippen molar-refractivity contribution in [1.82, 2.24) is 10.2 Å². The maximum Gasteiger partial charge on any atom is 0.0707 e. The zero-order valence-corrected chi connectivity index (χ0v) is 12.9. The van der Waals surface area contributed by atoms with Gasteiger partial charge >= 0.3 is 0 Å². The first-order valence-corrected chi connectivity index (χ1v) is 8.43. The van der Waals surface area contributed by atoms with Crippen molar-refractivity contribution >= 4 is 0 Å². The third-order valence-corrected chi connectivity index (χ3v) is 4.68. The second-order valence-electron chi connectivity index (χ2n) is 6.19. The molecule has 2 aliphatic rings. The molecule has 1 N–H and O–H groups in total. The summed E-state index contributed by atoms with van der Waals surface area (Å²) in [6.45, 7) is 9.02. The number of rotatable bonds is 8. The van der Waals surface area contributed by atoms with Crippen molar-refractivity contribution in [3.8, 4) is 0 Å². The van der Waals surface area contributed by atoms with Gasteiger partial charge in [0.15, 0.2) is 0 Å². The number of hydrogen-bond donors (Lipinski definition) is 1. The molecule has 0 aromatic carbocycles. The molecule has 2 atom stereocenters. The lowest BCUT2D eigenvalue weighted by atomic mass is 10.1. The minimum atomic E-state index is 0.457. The molecule has 1 heterocycles. The molecule has 1 saturated heterocycles. The van der Waals surface area contributed by atoms with E-state index in [4.69, 9.17) is 4.74 Å². The van der Waals surface area contributed by atoms with E-state index < -0.39 is 0 Å². The van der Waals surface area contributed by atoms with Gasteiger partial charge in [-0.15, -0.1) is 0 Å². The highest BCUT2D eigenvalue weighted by Gasteiger charge is 2.29. The van der Waals surface area contributed by atoms with Crippen LogP contribution in [0.3, 0.4) is 0 Å². The van der Waals surface area contributed by atoms with Crippen molar-refractivity contribution in [3.05, 3.63) is 0 Å². The molecule has 0 spiro atoms. The van der Waals surface area contributed by atoms with Crippen molar-refractivity contribution in [2.75, 3.05) is 26.2 Å². The van der Waals surface area contributed by atoms with Gasteiger partial charge in [-0.25, -0.2) is 0 Å². The first-order valence-electron chi connectivity index (χ1n) is 8.43. The van der Waals surface area contributed by atoms with Gasteiger partial charge < -0.3 is 10.1 Å². The molecule has 2 rings (SSSR count). The minimum absolute atomic E-state index is 0.457. The molecule has 1 aliphatic heterocycles. The molecule has 3 nitrogen and oxygen atoms in total. The summed E-state index contributed by atoms with van der Waals surface area (Å²) in [6, 6.07) is 0.839. The van der Waals surface area contributed by atoms with E-state index in [1.807, 2.05) is 0 Å². The topological polar surface area (TPSA) is 24.5 Å². The number of ether oxygens (including phenoxy) is 1. The fraction of sp³-hybridized carbons (Fsp3) is 1.00. The summed E-state index contributed by atoms with van der Waals surface area (Å²) in [7, 11) is 0. The molecule has 19 heavy (non-hydrogen) atoms. The van der Waals surface area contributed by atoms with Crippen LogP contribution in [0.4, 0.5) is 0 Å². The summed E-state index contributed by atoms with van der Waals surface area (Å²) < 4.78 is 6.20. The average Bonchev–Trinajstić information content (AvgIpc) is 3.07. The van der Waals surface area contributed by atoms with Crippen molar-refractivity contribution in [3.63, 3.8) is 0 Å². The smallest absolute Gasteiger partial charge is 0.0707 e. The van der Waals surface area contributed by atoms with E-state index in [9.17, 15) is 0 Å². The molecule has 1 aliphatic carbocycles. The summed E-state index contributed by atoms with van der Waals surface area (Å²) in [5.41, 5.74) is 0. The third-order valence-electron chi connectivity index (χ3n) is 4.68. The van der Waals surface area contributed by atoms with Crippen molar-refractivity contribution < 1.29 is 4.74 Å². The van der Waals surface area contributed by atoms with Gasteiger partial charge in [0.1, 0.15) is 0 Å². The number of hydrogen-bond acceptors (Lipinski definition) is 3. The summed E-state index contributed by atoms with van der Waals surface area (Å²) >= 11 is 0. The highest BCUT2D eigenvalue weighted by Crippen LogP contribution is 2.26. The molecule has 0 aromatic rings. The predicted octanol–water partition coefficient (Wildman–Crippen LogP) is 2.80. The van der Waals surface area contributed by atoms with E-state index in [2.05, 4.69) is 24.1 Å². The summed E-state index contributed by atoms with van der Waals surface area (Å²) in [5, 5.41) is 3.48. The fourth-order valence-corrected chi connectivity index (χ4v) is 3.57. The molecular weight excluding hydrogens is 236 g/mol. The highest BCUT2D eigenvalue weighted by atomic mass is 16.5. The van der Waals surface area contributed by atoms with Gasteiger partial charge in [-0.1, -0.05) is 26.7 Å². The zero-order chi connectivity index (χ0) is 13.5. The number of nitrogens with zero attached hydrogens (tertiary/aromatic N) is 1. The third kappa shape index (κ3) is 4.73. The van der Waals surface area contributed by atoms with Crippen LogP contribution in [0, 0.1) is 0 Å². The molecule has 2 unspecified atom stereocenters. The average molecular weight is 268 g/mol. The summed E-state index contributed by atoms with van der Waals surface area (Å²) in [5.74, 6) is 0. The van der Waals surface area contributed by atoms with E-state index in [0.717, 1.165) is 25.7 Å². The van der Waals surface area contributed by atoms with Crippen LogP contribution in [0.25, 0.3) is 0 Å². The van der Waals surface area contributed by atoms with Crippen LogP contribution in [-0.4, -0.2) is 49.3 Å². The summed E-state index contributed by atoms with van der Waals surface area (Å²) in [4.78, 5) is 2.67. The van der Waals surface area contributed by atoms with Crippen LogP contribution in [0.1, 0.15) is 58.8 Å². The lowest BCUT2D eigenvalue weighted by molar-refractivity contribution is 0.0161. The van der Waals surface area contributed by atoms with Gasteiger partial charge in [-0.2, -0.15) is 0 Å². The molecule has 2 fully saturated rings. The molecule has 3 heteroatoms. The van der Waals surface area contributed by atoms with Crippen molar-refractivity contribution in [1.29, 1.82) is 0 Å². The molecule has 0 bridgehead atoms. The maximum absolute atomic E-state index is 6.20. The van der Waals surface area contributed by atoms with E-state index in [0.29, 0.717) is 12.2 Å². The van der Waals surface area contributed by atoms with Gasteiger partial charge in [-0.05, 0) is 45.2 Å². The Hall–Kier alpha value is -0.120. The van der Waals surface area contributed by atoms with Gasteiger partial charge in [0.2, 0.25) is 0 Å². The molecule has 1 saturated carbocycles. The Labute approximate surface area is 119 Å². The lowest BCUT2D eigenvalue weighted by Gasteiger charge is -2.30.